The Morgan fingerprint density at radius 3 is 2.41 bits per heavy atom. The normalized spacial score (nSPS) is 26.1. The number of ether oxygens (including phenoxy) is 1. The summed E-state index contributed by atoms with van der Waals surface area (Å²) < 4.78 is 42.6. The standard InChI is InChI=1S/C28H32F2O2/c1-3-5-18-8-11-20(16-18)31-24-15-14-23-22-13-12-21(19-9-6-17(4-2)7-10-19)25(29)27(22)32-28(23)26(24)30/h4,12-15,17-20H,2-3,5-11,16H2,1H3. The first-order valence-corrected chi connectivity index (χ1v) is 12.2. The van der Waals surface area contributed by atoms with E-state index in [1.54, 1.807) is 12.1 Å². The molecule has 0 amide bonds. The quantitative estimate of drug-likeness (QED) is 0.359. The summed E-state index contributed by atoms with van der Waals surface area (Å²) in [6, 6.07) is 7.21. The zero-order chi connectivity index (χ0) is 22.2. The molecular formula is C28H32F2O2. The Morgan fingerprint density at radius 2 is 1.69 bits per heavy atom. The molecular weight excluding hydrogens is 406 g/mol. The van der Waals surface area contributed by atoms with E-state index in [4.69, 9.17) is 9.15 Å². The molecule has 2 unspecified atom stereocenters. The lowest BCUT2D eigenvalue weighted by molar-refractivity contribution is 0.194. The maximum atomic E-state index is 15.5. The number of fused-ring (bicyclic) bond motifs is 3. The van der Waals surface area contributed by atoms with Gasteiger partial charge in [-0.15, -0.1) is 6.58 Å². The Balaban J connectivity index is 1.44. The molecule has 2 aliphatic carbocycles. The highest BCUT2D eigenvalue weighted by Gasteiger charge is 2.28. The van der Waals surface area contributed by atoms with Crippen molar-refractivity contribution in [3.05, 3.63) is 54.1 Å². The molecule has 0 bridgehead atoms. The van der Waals surface area contributed by atoms with E-state index < -0.39 is 5.82 Å². The Bertz CT molecular complexity index is 1120. The zero-order valence-corrected chi connectivity index (χ0v) is 18.8. The average Bonchev–Trinajstić information content (AvgIpc) is 3.41. The number of rotatable bonds is 6. The molecule has 2 nitrogen and oxygen atoms in total. The Hall–Kier alpha value is -2.36. The van der Waals surface area contributed by atoms with E-state index in [-0.39, 0.29) is 34.8 Å². The second-order valence-electron chi connectivity index (χ2n) is 9.76. The molecule has 4 heteroatoms. The lowest BCUT2D eigenvalue weighted by Crippen LogP contribution is -2.13. The molecule has 170 valence electrons. The van der Waals surface area contributed by atoms with Gasteiger partial charge in [0.15, 0.2) is 22.7 Å². The third kappa shape index (κ3) is 3.82. The highest BCUT2D eigenvalue weighted by atomic mass is 19.1. The molecule has 0 N–H and O–H groups in total. The van der Waals surface area contributed by atoms with Crippen LogP contribution in [0, 0.1) is 23.5 Å². The second-order valence-corrected chi connectivity index (χ2v) is 9.76. The largest absolute Gasteiger partial charge is 0.487 e. The average molecular weight is 439 g/mol. The highest BCUT2D eigenvalue weighted by Crippen LogP contribution is 2.42. The summed E-state index contributed by atoms with van der Waals surface area (Å²) in [5.41, 5.74) is 0.930. The molecule has 32 heavy (non-hydrogen) atoms. The molecule has 0 aliphatic heterocycles. The molecule has 1 aromatic heterocycles. The minimum Gasteiger partial charge on any atom is -0.487 e. The van der Waals surface area contributed by atoms with Crippen molar-refractivity contribution in [2.75, 3.05) is 0 Å². The van der Waals surface area contributed by atoms with Gasteiger partial charge in [0, 0.05) is 10.8 Å². The van der Waals surface area contributed by atoms with Gasteiger partial charge in [-0.2, -0.15) is 4.39 Å². The van der Waals surface area contributed by atoms with E-state index in [2.05, 4.69) is 13.5 Å². The van der Waals surface area contributed by atoms with Crippen LogP contribution in [0.4, 0.5) is 8.78 Å². The number of benzene rings is 2. The van der Waals surface area contributed by atoms with Crippen molar-refractivity contribution in [1.82, 2.24) is 0 Å². The van der Waals surface area contributed by atoms with Gasteiger partial charge in [-0.25, -0.2) is 4.39 Å². The molecule has 2 fully saturated rings. The van der Waals surface area contributed by atoms with Gasteiger partial charge in [0.1, 0.15) is 0 Å². The van der Waals surface area contributed by atoms with E-state index in [9.17, 15) is 0 Å². The Kier molecular flexibility index (Phi) is 5.96. The van der Waals surface area contributed by atoms with Crippen LogP contribution in [0.25, 0.3) is 21.9 Å². The fraction of sp³-hybridized carbons (Fsp3) is 0.500. The third-order valence-electron chi connectivity index (χ3n) is 7.71. The van der Waals surface area contributed by atoms with Crippen molar-refractivity contribution >= 4 is 21.9 Å². The molecule has 2 saturated carbocycles. The van der Waals surface area contributed by atoms with Crippen molar-refractivity contribution in [3.8, 4) is 5.75 Å². The van der Waals surface area contributed by atoms with Crippen LogP contribution >= 0.6 is 0 Å². The predicted molar refractivity (Wildman–Crippen MR) is 125 cm³/mol. The summed E-state index contributed by atoms with van der Waals surface area (Å²) in [4.78, 5) is 0. The molecule has 2 aromatic carbocycles. The monoisotopic (exact) mass is 438 g/mol. The number of halogens is 2. The van der Waals surface area contributed by atoms with Crippen LogP contribution in [0.2, 0.25) is 0 Å². The summed E-state index contributed by atoms with van der Waals surface area (Å²) in [5, 5.41) is 1.22. The van der Waals surface area contributed by atoms with Crippen LogP contribution in [0.15, 0.2) is 41.3 Å². The van der Waals surface area contributed by atoms with Gasteiger partial charge in [-0.1, -0.05) is 31.9 Å². The summed E-state index contributed by atoms with van der Waals surface area (Å²) in [5.74, 6) is 0.699. The minimum absolute atomic E-state index is 0.0388. The van der Waals surface area contributed by atoms with Crippen molar-refractivity contribution in [2.45, 2.75) is 76.7 Å². The van der Waals surface area contributed by atoms with Gasteiger partial charge in [-0.05, 0) is 86.5 Å². The summed E-state index contributed by atoms with van der Waals surface area (Å²) >= 11 is 0. The van der Waals surface area contributed by atoms with Gasteiger partial charge < -0.3 is 9.15 Å². The van der Waals surface area contributed by atoms with E-state index >= 15 is 8.78 Å². The first-order valence-electron chi connectivity index (χ1n) is 12.2. The summed E-state index contributed by atoms with van der Waals surface area (Å²) in [7, 11) is 0. The minimum atomic E-state index is -0.523. The second kappa shape index (κ2) is 8.88. The smallest absolute Gasteiger partial charge is 0.208 e. The Labute approximate surface area is 188 Å². The number of hydrogen-bond donors (Lipinski definition) is 0. The Morgan fingerprint density at radius 1 is 0.969 bits per heavy atom. The summed E-state index contributed by atoms with van der Waals surface area (Å²) in [6.07, 6.45) is 11.4. The molecule has 5 rings (SSSR count). The molecule has 2 aliphatic rings. The van der Waals surface area contributed by atoms with Crippen LogP contribution in [0.5, 0.6) is 5.75 Å². The fourth-order valence-electron chi connectivity index (χ4n) is 5.89. The first-order chi connectivity index (χ1) is 15.6. The van der Waals surface area contributed by atoms with E-state index in [1.807, 2.05) is 18.2 Å². The third-order valence-corrected chi connectivity index (χ3v) is 7.71. The molecule has 0 saturated heterocycles. The molecule has 2 atom stereocenters. The molecule has 3 aromatic rings. The van der Waals surface area contributed by atoms with E-state index in [0.717, 1.165) is 44.9 Å². The lowest BCUT2D eigenvalue weighted by atomic mass is 9.78. The topological polar surface area (TPSA) is 22.4 Å². The zero-order valence-electron chi connectivity index (χ0n) is 18.8. The first kappa shape index (κ1) is 21.5. The summed E-state index contributed by atoms with van der Waals surface area (Å²) in [6.45, 7) is 6.08. The van der Waals surface area contributed by atoms with Crippen molar-refractivity contribution in [2.24, 2.45) is 11.8 Å². The van der Waals surface area contributed by atoms with Crippen LogP contribution in [-0.2, 0) is 0 Å². The van der Waals surface area contributed by atoms with Crippen molar-refractivity contribution in [1.29, 1.82) is 0 Å². The molecule has 0 radical (unpaired) electrons. The van der Waals surface area contributed by atoms with Crippen molar-refractivity contribution in [3.63, 3.8) is 0 Å². The van der Waals surface area contributed by atoms with Gasteiger partial charge in [0.25, 0.3) is 0 Å². The number of hydrogen-bond acceptors (Lipinski definition) is 2. The van der Waals surface area contributed by atoms with Gasteiger partial charge in [0.05, 0.1) is 6.10 Å². The maximum absolute atomic E-state index is 15.5. The maximum Gasteiger partial charge on any atom is 0.208 e. The van der Waals surface area contributed by atoms with Gasteiger partial charge in [0.2, 0.25) is 5.82 Å². The van der Waals surface area contributed by atoms with E-state index in [1.165, 1.54) is 12.8 Å². The number of allylic oxidation sites excluding steroid dienone is 1. The molecule has 0 spiro atoms. The van der Waals surface area contributed by atoms with Gasteiger partial charge >= 0.3 is 0 Å². The van der Waals surface area contributed by atoms with Crippen LogP contribution in [0.3, 0.4) is 0 Å². The lowest BCUT2D eigenvalue weighted by Gasteiger charge is -2.27. The van der Waals surface area contributed by atoms with Crippen LogP contribution in [0.1, 0.15) is 76.2 Å². The molecule has 1 heterocycles. The SMILES string of the molecule is C=CC1CCC(c2ccc3c(oc4c(F)c(OC5CCC(CCC)C5)ccc43)c2F)CC1. The highest BCUT2D eigenvalue weighted by molar-refractivity contribution is 6.05. The van der Waals surface area contributed by atoms with Crippen LogP contribution in [-0.4, -0.2) is 6.10 Å². The van der Waals surface area contributed by atoms with Crippen LogP contribution < -0.4 is 4.74 Å². The predicted octanol–water partition coefficient (Wildman–Crippen LogP) is 8.67. The fourth-order valence-corrected chi connectivity index (χ4v) is 5.89. The van der Waals surface area contributed by atoms with Crippen molar-refractivity contribution < 1.29 is 17.9 Å². The van der Waals surface area contributed by atoms with E-state index in [0.29, 0.717) is 28.2 Å². The van der Waals surface area contributed by atoms with Gasteiger partial charge in [-0.3, -0.25) is 0 Å². The number of furan rings is 1.